The predicted octanol–water partition coefficient (Wildman–Crippen LogP) is 2.18. The zero-order chi connectivity index (χ0) is 11.5. The van der Waals surface area contributed by atoms with E-state index in [2.05, 4.69) is 21.2 Å². The van der Waals surface area contributed by atoms with Gasteiger partial charge < -0.3 is 10.4 Å². The molecule has 0 fully saturated rings. The van der Waals surface area contributed by atoms with E-state index in [1.54, 1.807) is 32.0 Å². The summed E-state index contributed by atoms with van der Waals surface area (Å²) in [6, 6.07) is 6.94. The van der Waals surface area contributed by atoms with Gasteiger partial charge in [-0.3, -0.25) is 4.79 Å². The van der Waals surface area contributed by atoms with Crippen LogP contribution in [0.4, 0.5) is 0 Å². The van der Waals surface area contributed by atoms with Gasteiger partial charge in [0.1, 0.15) is 5.75 Å². The largest absolute Gasteiger partial charge is 0.508 e. The van der Waals surface area contributed by atoms with E-state index in [1.807, 2.05) is 6.07 Å². The molecule has 0 radical (unpaired) electrons. The molecule has 0 heterocycles. The Morgan fingerprint density at radius 3 is 2.60 bits per heavy atom. The third-order valence-corrected chi connectivity index (χ3v) is 2.33. The van der Waals surface area contributed by atoms with Gasteiger partial charge in [0.05, 0.1) is 4.32 Å². The lowest BCUT2D eigenvalue weighted by Crippen LogP contribution is -2.37. The number of alkyl halides is 1. The highest BCUT2D eigenvalue weighted by atomic mass is 79.9. The first-order valence-corrected chi connectivity index (χ1v) is 5.44. The summed E-state index contributed by atoms with van der Waals surface area (Å²) in [4.78, 5) is 11.5. The molecule has 0 unspecified atom stereocenters. The number of nitrogens with one attached hydrogen (secondary N) is 1. The SMILES string of the molecule is CC(C)(Br)C(=O)NCc1ccccc1O. The van der Waals surface area contributed by atoms with Crippen LogP contribution in [0.2, 0.25) is 0 Å². The fraction of sp³-hybridized carbons (Fsp3) is 0.364. The molecule has 0 aliphatic heterocycles. The molecule has 0 bridgehead atoms. The van der Waals surface area contributed by atoms with E-state index in [9.17, 15) is 9.90 Å². The van der Waals surface area contributed by atoms with Gasteiger partial charge in [-0.1, -0.05) is 34.1 Å². The van der Waals surface area contributed by atoms with E-state index >= 15 is 0 Å². The number of benzene rings is 1. The minimum atomic E-state index is -0.586. The van der Waals surface area contributed by atoms with Gasteiger partial charge in [-0.2, -0.15) is 0 Å². The summed E-state index contributed by atoms with van der Waals surface area (Å²) >= 11 is 3.26. The zero-order valence-corrected chi connectivity index (χ0v) is 10.3. The Hall–Kier alpha value is -1.03. The van der Waals surface area contributed by atoms with Crippen molar-refractivity contribution in [2.75, 3.05) is 0 Å². The summed E-state index contributed by atoms with van der Waals surface area (Å²) < 4.78 is -0.586. The number of hydrogen-bond acceptors (Lipinski definition) is 2. The molecule has 15 heavy (non-hydrogen) atoms. The van der Waals surface area contributed by atoms with E-state index in [0.717, 1.165) is 0 Å². The van der Waals surface area contributed by atoms with Crippen molar-refractivity contribution in [1.82, 2.24) is 5.32 Å². The highest BCUT2D eigenvalue weighted by molar-refractivity contribution is 9.10. The number of rotatable bonds is 3. The van der Waals surface area contributed by atoms with Crippen LogP contribution in [0.1, 0.15) is 19.4 Å². The van der Waals surface area contributed by atoms with Crippen LogP contribution in [-0.2, 0) is 11.3 Å². The standard InChI is InChI=1S/C11H14BrNO2/c1-11(2,12)10(15)13-7-8-5-3-4-6-9(8)14/h3-6,14H,7H2,1-2H3,(H,13,15). The number of hydrogen-bond donors (Lipinski definition) is 2. The first kappa shape index (κ1) is 12.0. The molecule has 0 spiro atoms. The molecular formula is C11H14BrNO2. The molecule has 2 N–H and O–H groups in total. The van der Waals surface area contributed by atoms with Crippen molar-refractivity contribution >= 4 is 21.8 Å². The Labute approximate surface area is 97.6 Å². The topological polar surface area (TPSA) is 49.3 Å². The second-order valence-electron chi connectivity index (χ2n) is 3.78. The molecule has 0 aliphatic rings. The average molecular weight is 272 g/mol. The monoisotopic (exact) mass is 271 g/mol. The minimum Gasteiger partial charge on any atom is -0.508 e. The van der Waals surface area contributed by atoms with E-state index in [4.69, 9.17) is 0 Å². The Balaban J connectivity index is 2.59. The molecule has 0 aromatic heterocycles. The van der Waals surface area contributed by atoms with Crippen LogP contribution >= 0.6 is 15.9 Å². The van der Waals surface area contributed by atoms with Crippen LogP contribution in [0.25, 0.3) is 0 Å². The molecule has 0 saturated heterocycles. The van der Waals surface area contributed by atoms with Crippen molar-refractivity contribution in [2.24, 2.45) is 0 Å². The first-order chi connectivity index (χ1) is 6.91. The summed E-state index contributed by atoms with van der Waals surface area (Å²) in [5.41, 5.74) is 0.711. The maximum atomic E-state index is 11.5. The number of carbonyl (C=O) groups excluding carboxylic acids is 1. The van der Waals surface area contributed by atoms with Crippen molar-refractivity contribution in [3.8, 4) is 5.75 Å². The number of amides is 1. The summed E-state index contributed by atoms with van der Waals surface area (Å²) in [5, 5.41) is 12.2. The van der Waals surface area contributed by atoms with E-state index in [-0.39, 0.29) is 11.7 Å². The van der Waals surface area contributed by atoms with Gasteiger partial charge in [0.2, 0.25) is 5.91 Å². The molecule has 0 saturated carbocycles. The maximum Gasteiger partial charge on any atom is 0.236 e. The number of phenolic OH excluding ortho intramolecular Hbond substituents is 1. The second-order valence-corrected chi connectivity index (χ2v) is 5.77. The van der Waals surface area contributed by atoms with Crippen molar-refractivity contribution in [1.29, 1.82) is 0 Å². The summed E-state index contributed by atoms with van der Waals surface area (Å²) in [7, 11) is 0. The van der Waals surface area contributed by atoms with Gasteiger partial charge in [-0.15, -0.1) is 0 Å². The van der Waals surface area contributed by atoms with Crippen molar-refractivity contribution < 1.29 is 9.90 Å². The number of carbonyl (C=O) groups is 1. The third kappa shape index (κ3) is 3.55. The fourth-order valence-electron chi connectivity index (χ4n) is 1.05. The Kier molecular flexibility index (Phi) is 3.74. The van der Waals surface area contributed by atoms with Crippen LogP contribution in [0.5, 0.6) is 5.75 Å². The van der Waals surface area contributed by atoms with Crippen LogP contribution in [0, 0.1) is 0 Å². The van der Waals surface area contributed by atoms with Crippen LogP contribution in [0.15, 0.2) is 24.3 Å². The smallest absolute Gasteiger partial charge is 0.236 e. The lowest BCUT2D eigenvalue weighted by Gasteiger charge is -2.16. The zero-order valence-electron chi connectivity index (χ0n) is 8.75. The first-order valence-electron chi connectivity index (χ1n) is 4.65. The van der Waals surface area contributed by atoms with E-state index in [0.29, 0.717) is 12.1 Å². The lowest BCUT2D eigenvalue weighted by atomic mass is 10.1. The van der Waals surface area contributed by atoms with Crippen LogP contribution in [0.3, 0.4) is 0 Å². The number of halogens is 1. The fourth-order valence-corrected chi connectivity index (χ4v) is 1.19. The number of aromatic hydroxyl groups is 1. The minimum absolute atomic E-state index is 0.106. The molecular weight excluding hydrogens is 258 g/mol. The molecule has 82 valence electrons. The number of phenols is 1. The van der Waals surface area contributed by atoms with Gasteiger partial charge in [-0.05, 0) is 19.9 Å². The molecule has 1 aromatic carbocycles. The van der Waals surface area contributed by atoms with E-state index < -0.39 is 4.32 Å². The maximum absolute atomic E-state index is 11.5. The second kappa shape index (κ2) is 4.66. The quantitative estimate of drug-likeness (QED) is 0.828. The predicted molar refractivity (Wildman–Crippen MR) is 63.0 cm³/mol. The lowest BCUT2D eigenvalue weighted by molar-refractivity contribution is -0.122. The van der Waals surface area contributed by atoms with Gasteiger partial charge in [0.25, 0.3) is 0 Å². The van der Waals surface area contributed by atoms with Crippen molar-refractivity contribution in [2.45, 2.75) is 24.7 Å². The van der Waals surface area contributed by atoms with Gasteiger partial charge in [0, 0.05) is 12.1 Å². The third-order valence-electron chi connectivity index (χ3n) is 1.97. The van der Waals surface area contributed by atoms with Gasteiger partial charge in [-0.25, -0.2) is 0 Å². The molecule has 1 rings (SSSR count). The highest BCUT2D eigenvalue weighted by Gasteiger charge is 2.22. The molecule has 1 aromatic rings. The normalized spacial score (nSPS) is 11.1. The molecule has 0 atom stereocenters. The average Bonchev–Trinajstić information content (AvgIpc) is 2.14. The summed E-state index contributed by atoms with van der Waals surface area (Å²) in [5.74, 6) is 0.0935. The number of para-hydroxylation sites is 1. The Morgan fingerprint density at radius 1 is 1.47 bits per heavy atom. The van der Waals surface area contributed by atoms with Crippen molar-refractivity contribution in [3.63, 3.8) is 0 Å². The van der Waals surface area contributed by atoms with Crippen LogP contribution < -0.4 is 5.32 Å². The van der Waals surface area contributed by atoms with Crippen LogP contribution in [-0.4, -0.2) is 15.3 Å². The van der Waals surface area contributed by atoms with E-state index in [1.165, 1.54) is 0 Å². The molecule has 3 nitrogen and oxygen atoms in total. The van der Waals surface area contributed by atoms with Gasteiger partial charge >= 0.3 is 0 Å². The van der Waals surface area contributed by atoms with Gasteiger partial charge in [0.15, 0.2) is 0 Å². The highest BCUT2D eigenvalue weighted by Crippen LogP contribution is 2.18. The Morgan fingerprint density at radius 2 is 2.07 bits per heavy atom. The summed E-state index contributed by atoms with van der Waals surface area (Å²) in [6.45, 7) is 3.88. The summed E-state index contributed by atoms with van der Waals surface area (Å²) in [6.07, 6.45) is 0. The van der Waals surface area contributed by atoms with Crippen molar-refractivity contribution in [3.05, 3.63) is 29.8 Å². The Bertz CT molecular complexity index is 358. The molecule has 0 aliphatic carbocycles. The molecule has 1 amide bonds. The molecule has 4 heteroatoms.